The van der Waals surface area contributed by atoms with Crippen molar-refractivity contribution in [2.75, 3.05) is 6.61 Å². The number of fused-ring (bicyclic) bond motifs is 4. The third-order valence-electron chi connectivity index (χ3n) is 6.45. The average Bonchev–Trinajstić information content (AvgIpc) is 2.92. The number of nitrogens with zero attached hydrogens (tertiary/aromatic N) is 2. The molecule has 0 fully saturated rings. The standard InChI is InChI=1S/C31H22N2OS/c1-2-34-31-26(18-32)29(27-19-35-28-13-6-5-11-25(28)30(27)33-31)22-16-14-21(15-17-22)24-12-7-9-20-8-3-4-10-23(20)24/h3-17H,2,19H2,1H3. The van der Waals surface area contributed by atoms with E-state index in [4.69, 9.17) is 9.72 Å². The van der Waals surface area contributed by atoms with E-state index in [1.807, 2.05) is 13.0 Å². The van der Waals surface area contributed by atoms with Crippen LogP contribution in [-0.4, -0.2) is 11.6 Å². The Bertz CT molecular complexity index is 1610. The summed E-state index contributed by atoms with van der Waals surface area (Å²) in [5, 5.41) is 12.6. The van der Waals surface area contributed by atoms with E-state index in [2.05, 4.69) is 91.0 Å². The van der Waals surface area contributed by atoms with E-state index in [1.54, 1.807) is 11.8 Å². The molecule has 0 saturated carbocycles. The molecule has 0 unspecified atom stereocenters. The first-order chi connectivity index (χ1) is 17.3. The number of pyridine rings is 1. The molecule has 5 aromatic rings. The lowest BCUT2D eigenvalue weighted by Crippen LogP contribution is -2.08. The minimum atomic E-state index is 0.406. The van der Waals surface area contributed by atoms with Gasteiger partial charge in [0.25, 0.3) is 0 Å². The number of aromatic nitrogens is 1. The van der Waals surface area contributed by atoms with Crippen LogP contribution in [-0.2, 0) is 5.75 Å². The predicted octanol–water partition coefficient (Wildman–Crippen LogP) is 8.11. The minimum Gasteiger partial charge on any atom is -0.477 e. The van der Waals surface area contributed by atoms with Crippen molar-refractivity contribution in [1.82, 2.24) is 4.98 Å². The quantitative estimate of drug-likeness (QED) is 0.266. The summed E-state index contributed by atoms with van der Waals surface area (Å²) < 4.78 is 5.87. The van der Waals surface area contributed by atoms with E-state index in [0.717, 1.165) is 39.3 Å². The summed E-state index contributed by atoms with van der Waals surface area (Å²) in [5.74, 6) is 1.17. The smallest absolute Gasteiger partial charge is 0.232 e. The molecule has 0 spiro atoms. The SMILES string of the molecule is CCOc1nc2c(c(-c3ccc(-c4cccc5ccccc45)cc3)c1C#N)CSc1ccccc1-2. The van der Waals surface area contributed by atoms with Crippen molar-refractivity contribution in [3.63, 3.8) is 0 Å². The van der Waals surface area contributed by atoms with Crippen LogP contribution in [0.2, 0.25) is 0 Å². The monoisotopic (exact) mass is 470 g/mol. The van der Waals surface area contributed by atoms with E-state index >= 15 is 0 Å². The third-order valence-corrected chi connectivity index (χ3v) is 7.55. The number of ether oxygens (including phenoxy) is 1. The van der Waals surface area contributed by atoms with Crippen molar-refractivity contribution in [1.29, 1.82) is 5.26 Å². The molecular formula is C31H22N2OS. The van der Waals surface area contributed by atoms with Gasteiger partial charge in [-0.3, -0.25) is 0 Å². The zero-order chi connectivity index (χ0) is 23.8. The third kappa shape index (κ3) is 3.65. The molecule has 0 radical (unpaired) electrons. The second kappa shape index (κ2) is 8.94. The van der Waals surface area contributed by atoms with Gasteiger partial charge in [-0.05, 0) is 46.0 Å². The van der Waals surface area contributed by atoms with E-state index in [-0.39, 0.29) is 0 Å². The predicted molar refractivity (Wildman–Crippen MR) is 143 cm³/mol. The van der Waals surface area contributed by atoms with Gasteiger partial charge in [-0.2, -0.15) is 5.26 Å². The van der Waals surface area contributed by atoms with Crippen LogP contribution in [0.1, 0.15) is 18.1 Å². The van der Waals surface area contributed by atoms with Crippen molar-refractivity contribution < 1.29 is 4.74 Å². The number of nitriles is 1. The molecule has 1 aliphatic rings. The Morgan fingerprint density at radius 1 is 0.857 bits per heavy atom. The van der Waals surface area contributed by atoms with Gasteiger partial charge in [0.1, 0.15) is 11.6 Å². The van der Waals surface area contributed by atoms with Gasteiger partial charge in [-0.25, -0.2) is 4.98 Å². The summed E-state index contributed by atoms with van der Waals surface area (Å²) >= 11 is 1.79. The molecule has 4 aromatic carbocycles. The second-order valence-electron chi connectivity index (χ2n) is 8.43. The zero-order valence-electron chi connectivity index (χ0n) is 19.3. The summed E-state index contributed by atoms with van der Waals surface area (Å²) in [6.07, 6.45) is 0. The van der Waals surface area contributed by atoms with Crippen LogP contribution in [0, 0.1) is 11.3 Å². The summed E-state index contributed by atoms with van der Waals surface area (Å²) in [6, 6.07) is 34.1. The number of thioether (sulfide) groups is 1. The maximum absolute atomic E-state index is 10.2. The van der Waals surface area contributed by atoms with Gasteiger partial charge in [0.05, 0.1) is 12.3 Å². The first-order valence-electron chi connectivity index (χ1n) is 11.7. The Hall–Kier alpha value is -4.07. The molecule has 6 rings (SSSR count). The maximum Gasteiger partial charge on any atom is 0.232 e. The van der Waals surface area contributed by atoms with Crippen LogP contribution in [0.5, 0.6) is 5.88 Å². The van der Waals surface area contributed by atoms with Crippen LogP contribution >= 0.6 is 11.8 Å². The van der Waals surface area contributed by atoms with Gasteiger partial charge in [0.2, 0.25) is 5.88 Å². The Morgan fingerprint density at radius 2 is 1.57 bits per heavy atom. The molecular weight excluding hydrogens is 448 g/mol. The highest BCUT2D eigenvalue weighted by Crippen LogP contribution is 2.47. The van der Waals surface area contributed by atoms with Gasteiger partial charge in [0.15, 0.2) is 0 Å². The zero-order valence-corrected chi connectivity index (χ0v) is 20.1. The highest BCUT2D eigenvalue weighted by molar-refractivity contribution is 7.98. The second-order valence-corrected chi connectivity index (χ2v) is 9.45. The summed E-state index contributed by atoms with van der Waals surface area (Å²) in [4.78, 5) is 6.05. The highest BCUT2D eigenvalue weighted by atomic mass is 32.2. The molecule has 4 heteroatoms. The van der Waals surface area contributed by atoms with Crippen molar-refractivity contribution in [2.24, 2.45) is 0 Å². The fourth-order valence-electron chi connectivity index (χ4n) is 4.86. The summed E-state index contributed by atoms with van der Waals surface area (Å²) in [6.45, 7) is 2.38. The van der Waals surface area contributed by atoms with E-state index in [0.29, 0.717) is 18.1 Å². The molecule has 0 aliphatic carbocycles. The van der Waals surface area contributed by atoms with Crippen molar-refractivity contribution in [2.45, 2.75) is 17.6 Å². The van der Waals surface area contributed by atoms with E-state index in [9.17, 15) is 5.26 Å². The van der Waals surface area contributed by atoms with Gasteiger partial charge >= 0.3 is 0 Å². The summed E-state index contributed by atoms with van der Waals surface area (Å²) in [5.41, 5.74) is 7.88. The Morgan fingerprint density at radius 3 is 2.40 bits per heavy atom. The molecule has 0 N–H and O–H groups in total. The van der Waals surface area contributed by atoms with Crippen LogP contribution in [0.15, 0.2) is 95.9 Å². The lowest BCUT2D eigenvalue weighted by atomic mass is 9.91. The van der Waals surface area contributed by atoms with Crippen molar-refractivity contribution >= 4 is 22.5 Å². The molecule has 1 aromatic heterocycles. The lowest BCUT2D eigenvalue weighted by molar-refractivity contribution is 0.326. The van der Waals surface area contributed by atoms with Gasteiger partial charge < -0.3 is 4.74 Å². The summed E-state index contributed by atoms with van der Waals surface area (Å²) in [7, 11) is 0. The lowest BCUT2D eigenvalue weighted by Gasteiger charge is -2.23. The topological polar surface area (TPSA) is 45.9 Å². The Balaban J connectivity index is 1.54. The first kappa shape index (κ1) is 21.5. The largest absolute Gasteiger partial charge is 0.477 e. The van der Waals surface area contributed by atoms with Crippen LogP contribution < -0.4 is 4.74 Å². The number of benzene rings is 4. The molecule has 168 valence electrons. The fourth-order valence-corrected chi connectivity index (χ4v) is 5.94. The number of rotatable bonds is 4. The fraction of sp³-hybridized carbons (Fsp3) is 0.0968. The number of hydrogen-bond donors (Lipinski definition) is 0. The van der Waals surface area contributed by atoms with E-state index in [1.165, 1.54) is 21.2 Å². The molecule has 0 atom stereocenters. The molecule has 0 saturated heterocycles. The maximum atomic E-state index is 10.2. The highest BCUT2D eigenvalue weighted by Gasteiger charge is 2.27. The molecule has 35 heavy (non-hydrogen) atoms. The normalized spacial score (nSPS) is 12.0. The van der Waals surface area contributed by atoms with Crippen molar-refractivity contribution in [3.8, 4) is 45.5 Å². The number of hydrogen-bond acceptors (Lipinski definition) is 4. The van der Waals surface area contributed by atoms with Crippen LogP contribution in [0.25, 0.3) is 44.3 Å². The first-order valence-corrected chi connectivity index (χ1v) is 12.7. The molecule has 0 amide bonds. The molecule has 2 heterocycles. The van der Waals surface area contributed by atoms with Crippen LogP contribution in [0.4, 0.5) is 0 Å². The Kier molecular flexibility index (Phi) is 5.48. The minimum absolute atomic E-state index is 0.406. The molecule has 1 aliphatic heterocycles. The van der Waals surface area contributed by atoms with Gasteiger partial charge in [-0.1, -0.05) is 84.9 Å². The van der Waals surface area contributed by atoms with Gasteiger partial charge in [-0.15, -0.1) is 11.8 Å². The van der Waals surface area contributed by atoms with E-state index < -0.39 is 0 Å². The molecule has 0 bridgehead atoms. The average molecular weight is 471 g/mol. The van der Waals surface area contributed by atoms with Crippen molar-refractivity contribution in [3.05, 3.63) is 102 Å². The van der Waals surface area contributed by atoms with Gasteiger partial charge in [0, 0.05) is 21.8 Å². The van der Waals surface area contributed by atoms with Crippen LogP contribution in [0.3, 0.4) is 0 Å². The Labute approximate surface area is 209 Å². The molecule has 3 nitrogen and oxygen atoms in total.